The summed E-state index contributed by atoms with van der Waals surface area (Å²) in [6.07, 6.45) is 17.0. The summed E-state index contributed by atoms with van der Waals surface area (Å²) < 4.78 is 12.9. The summed E-state index contributed by atoms with van der Waals surface area (Å²) in [4.78, 5) is 43.7. The molecule has 2 saturated carbocycles. The minimum absolute atomic E-state index is 0.0138. The highest BCUT2D eigenvalue weighted by Crippen LogP contribution is 2.64. The zero-order valence-electron chi connectivity index (χ0n) is 29.8. The molecule has 2 aromatic carbocycles. The van der Waals surface area contributed by atoms with E-state index in [1.807, 2.05) is 6.07 Å². The summed E-state index contributed by atoms with van der Waals surface area (Å²) in [7, 11) is 0. The third-order valence-corrected chi connectivity index (χ3v) is 12.7. The van der Waals surface area contributed by atoms with Crippen LogP contribution in [0.5, 0.6) is 11.5 Å². The molecule has 5 atom stereocenters. The lowest BCUT2D eigenvalue weighted by molar-refractivity contribution is -0.145. The number of hydrogen-bond acceptors (Lipinski definition) is 6. The highest BCUT2D eigenvalue weighted by Gasteiger charge is 2.66. The van der Waals surface area contributed by atoms with Crippen molar-refractivity contribution in [3.8, 4) is 11.5 Å². The molecular formula is C42H56N2O5. The molecule has 7 nitrogen and oxygen atoms in total. The summed E-state index contributed by atoms with van der Waals surface area (Å²) in [6, 6.07) is 15.0. The van der Waals surface area contributed by atoms with Crippen LogP contribution in [0.25, 0.3) is 0 Å². The Labute approximate surface area is 293 Å². The van der Waals surface area contributed by atoms with E-state index >= 15 is 0 Å². The number of benzene rings is 2. The molecule has 2 bridgehead atoms. The van der Waals surface area contributed by atoms with Crippen LogP contribution in [0.15, 0.2) is 42.5 Å². The molecule has 0 unspecified atom stereocenters. The summed E-state index contributed by atoms with van der Waals surface area (Å²) in [5, 5.41) is 0. The first kappa shape index (κ1) is 34.3. The van der Waals surface area contributed by atoms with Gasteiger partial charge in [0.25, 0.3) is 0 Å². The number of Topliss-reactive ketones (excluding diaryl/α,β-unsaturated/α-hetero) is 1. The number of ether oxygens (including phenoxy) is 2. The van der Waals surface area contributed by atoms with E-state index < -0.39 is 0 Å². The van der Waals surface area contributed by atoms with Crippen molar-refractivity contribution in [3.05, 3.63) is 59.2 Å². The van der Waals surface area contributed by atoms with Gasteiger partial charge in [-0.15, -0.1) is 0 Å². The SMILES string of the molecule is CC(=O)CN1CC[C@]23c4c5ccc(OC(C)=O)c4O[C@H]2[C@H](N(CC2CCCCC2)C(=O)CCCCCCCc2ccccc2)CC[C@H]3[C@H]1C5. The predicted octanol–water partition coefficient (Wildman–Crippen LogP) is 7.60. The average molecular weight is 669 g/mol. The molecule has 0 radical (unpaired) electrons. The van der Waals surface area contributed by atoms with Crippen molar-refractivity contribution in [2.75, 3.05) is 19.6 Å². The topological polar surface area (TPSA) is 76.2 Å². The summed E-state index contributed by atoms with van der Waals surface area (Å²) in [5.74, 6) is 2.27. The number of likely N-dealkylation sites (tertiary alicyclic amines) is 1. The minimum atomic E-state index is -0.348. The zero-order valence-corrected chi connectivity index (χ0v) is 29.8. The van der Waals surface area contributed by atoms with Gasteiger partial charge in [-0.2, -0.15) is 0 Å². The Balaban J connectivity index is 1.11. The molecule has 2 aliphatic heterocycles. The second-order valence-electron chi connectivity index (χ2n) is 15.8. The van der Waals surface area contributed by atoms with Crippen LogP contribution in [0.3, 0.4) is 0 Å². The molecule has 0 N–H and O–H groups in total. The van der Waals surface area contributed by atoms with E-state index in [0.29, 0.717) is 30.6 Å². The number of esters is 1. The number of nitrogens with zero attached hydrogens (tertiary/aromatic N) is 2. The van der Waals surface area contributed by atoms with Crippen LogP contribution in [0.4, 0.5) is 0 Å². The number of piperidine rings is 1. The van der Waals surface area contributed by atoms with Crippen LogP contribution in [0.1, 0.15) is 120 Å². The van der Waals surface area contributed by atoms with Gasteiger partial charge in [0.1, 0.15) is 11.9 Å². The van der Waals surface area contributed by atoms with Crippen LogP contribution >= 0.6 is 0 Å². The van der Waals surface area contributed by atoms with Gasteiger partial charge in [0.15, 0.2) is 11.5 Å². The molecule has 2 aromatic rings. The van der Waals surface area contributed by atoms with Crippen molar-refractivity contribution in [2.24, 2.45) is 11.8 Å². The highest BCUT2D eigenvalue weighted by atomic mass is 16.6. The number of carbonyl (C=O) groups excluding carboxylic acids is 3. The first-order valence-electron chi connectivity index (χ1n) is 19.4. The monoisotopic (exact) mass is 668 g/mol. The lowest BCUT2D eigenvalue weighted by atomic mass is 9.51. The van der Waals surface area contributed by atoms with Crippen LogP contribution in [-0.4, -0.2) is 65.3 Å². The molecule has 7 rings (SSSR count). The zero-order chi connectivity index (χ0) is 34.0. The fourth-order valence-corrected chi connectivity index (χ4v) is 10.6. The summed E-state index contributed by atoms with van der Waals surface area (Å²) >= 11 is 0. The molecule has 49 heavy (non-hydrogen) atoms. The van der Waals surface area contributed by atoms with Gasteiger partial charge in [0, 0.05) is 36.9 Å². The molecule has 3 aliphatic carbocycles. The number of amides is 1. The van der Waals surface area contributed by atoms with Crippen molar-refractivity contribution in [1.29, 1.82) is 0 Å². The first-order valence-corrected chi connectivity index (χ1v) is 19.4. The molecule has 5 aliphatic rings. The molecule has 1 spiro atoms. The molecule has 1 amide bonds. The Morgan fingerprint density at radius 1 is 0.918 bits per heavy atom. The predicted molar refractivity (Wildman–Crippen MR) is 191 cm³/mol. The second kappa shape index (κ2) is 15.0. The molecule has 264 valence electrons. The third kappa shape index (κ3) is 6.94. The van der Waals surface area contributed by atoms with Gasteiger partial charge in [-0.3, -0.25) is 19.3 Å². The molecule has 0 aromatic heterocycles. The molecule has 2 heterocycles. The number of ketones is 1. The van der Waals surface area contributed by atoms with Gasteiger partial charge in [-0.25, -0.2) is 0 Å². The van der Waals surface area contributed by atoms with Gasteiger partial charge in [-0.1, -0.05) is 74.9 Å². The Morgan fingerprint density at radius 3 is 2.47 bits per heavy atom. The van der Waals surface area contributed by atoms with Crippen LogP contribution < -0.4 is 9.47 Å². The van der Waals surface area contributed by atoms with E-state index in [0.717, 1.165) is 70.2 Å². The fraction of sp³-hybridized carbons (Fsp3) is 0.643. The van der Waals surface area contributed by atoms with Crippen LogP contribution in [-0.2, 0) is 32.6 Å². The van der Waals surface area contributed by atoms with Crippen molar-refractivity contribution < 1.29 is 23.9 Å². The standard InChI is InChI=1S/C42H56N2O5/c1-29(45)27-43-25-24-42-34-21-22-35(41(42)49-40-37(48-30(2)46)23-20-33(39(40)42)26-36(34)43)44(28-32-17-11-7-12-18-32)38(47)19-13-5-3-4-8-14-31-15-9-6-10-16-31/h6,9-10,15-16,20,23,32,34-36,41H,3-5,7-8,11-14,17-19,21-22,24-28H2,1-2H3/t34-,35+,36+,41-,42-/m0/s1. The van der Waals surface area contributed by atoms with E-state index in [1.54, 1.807) is 6.92 Å². The van der Waals surface area contributed by atoms with E-state index in [1.165, 1.54) is 68.6 Å². The Morgan fingerprint density at radius 2 is 1.69 bits per heavy atom. The van der Waals surface area contributed by atoms with Gasteiger partial charge in [-0.05, 0) is 100 Å². The molecule has 1 saturated heterocycles. The number of hydrogen-bond donors (Lipinski definition) is 0. The van der Waals surface area contributed by atoms with E-state index in [9.17, 15) is 14.4 Å². The van der Waals surface area contributed by atoms with E-state index in [-0.39, 0.29) is 41.3 Å². The number of rotatable bonds is 14. The summed E-state index contributed by atoms with van der Waals surface area (Å²) in [5.41, 5.74) is 3.64. The minimum Gasteiger partial charge on any atom is -0.483 e. The maximum atomic E-state index is 14.4. The maximum Gasteiger partial charge on any atom is 0.308 e. The smallest absolute Gasteiger partial charge is 0.308 e. The van der Waals surface area contributed by atoms with Crippen molar-refractivity contribution in [1.82, 2.24) is 9.80 Å². The molecule has 3 fully saturated rings. The average Bonchev–Trinajstić information content (AvgIpc) is 3.45. The van der Waals surface area contributed by atoms with Gasteiger partial charge in [0.2, 0.25) is 5.91 Å². The van der Waals surface area contributed by atoms with E-state index in [4.69, 9.17) is 9.47 Å². The Kier molecular flexibility index (Phi) is 10.5. The van der Waals surface area contributed by atoms with Gasteiger partial charge < -0.3 is 14.4 Å². The molecule has 7 heteroatoms. The summed E-state index contributed by atoms with van der Waals surface area (Å²) in [6.45, 7) is 5.29. The Hall–Kier alpha value is -3.19. The van der Waals surface area contributed by atoms with Crippen molar-refractivity contribution >= 4 is 17.7 Å². The fourth-order valence-electron chi connectivity index (χ4n) is 10.6. The van der Waals surface area contributed by atoms with Crippen molar-refractivity contribution in [3.63, 3.8) is 0 Å². The quantitative estimate of drug-likeness (QED) is 0.117. The number of aryl methyl sites for hydroxylation is 1. The van der Waals surface area contributed by atoms with Crippen LogP contribution in [0.2, 0.25) is 0 Å². The normalized spacial score (nSPS) is 27.2. The largest absolute Gasteiger partial charge is 0.483 e. The second-order valence-corrected chi connectivity index (χ2v) is 15.8. The number of carbonyl (C=O) groups is 3. The molecular weight excluding hydrogens is 612 g/mol. The number of unbranched alkanes of at least 4 members (excludes halogenated alkanes) is 4. The van der Waals surface area contributed by atoms with E-state index in [2.05, 4.69) is 46.2 Å². The maximum absolute atomic E-state index is 14.4. The first-order chi connectivity index (χ1) is 23.8. The van der Waals surface area contributed by atoms with Crippen LogP contribution in [0, 0.1) is 11.8 Å². The Bertz CT molecular complexity index is 1500. The van der Waals surface area contributed by atoms with Gasteiger partial charge >= 0.3 is 5.97 Å². The lowest BCUT2D eigenvalue weighted by Crippen LogP contribution is -2.69. The lowest BCUT2D eigenvalue weighted by Gasteiger charge is -2.60. The van der Waals surface area contributed by atoms with Gasteiger partial charge in [0.05, 0.1) is 12.6 Å². The highest BCUT2D eigenvalue weighted by molar-refractivity contribution is 5.78. The third-order valence-electron chi connectivity index (χ3n) is 12.7. The van der Waals surface area contributed by atoms with Crippen molar-refractivity contribution in [2.45, 2.75) is 140 Å².